The third-order valence-electron chi connectivity index (χ3n) is 5.43. The van der Waals surface area contributed by atoms with Crippen molar-refractivity contribution < 1.29 is 33.8 Å². The van der Waals surface area contributed by atoms with Gasteiger partial charge in [0.05, 0.1) is 29.5 Å². The van der Waals surface area contributed by atoms with Gasteiger partial charge in [-0.15, -0.1) is 0 Å². The zero-order chi connectivity index (χ0) is 25.1. The van der Waals surface area contributed by atoms with Gasteiger partial charge in [0.2, 0.25) is 0 Å². The van der Waals surface area contributed by atoms with Crippen LogP contribution in [0.3, 0.4) is 0 Å². The lowest BCUT2D eigenvalue weighted by atomic mass is 10.0. The third kappa shape index (κ3) is 4.99. The molecule has 1 aliphatic heterocycles. The zero-order valence-electron chi connectivity index (χ0n) is 18.5. The summed E-state index contributed by atoms with van der Waals surface area (Å²) in [5, 5.41) is 22.3. The lowest BCUT2D eigenvalue weighted by molar-refractivity contribution is -0.143. The van der Waals surface area contributed by atoms with Gasteiger partial charge in [0.1, 0.15) is 24.1 Å². The van der Waals surface area contributed by atoms with Crippen molar-refractivity contribution in [1.82, 2.24) is 15.2 Å². The molecule has 1 fully saturated rings. The Labute approximate surface area is 205 Å². The maximum atomic E-state index is 12.3. The lowest BCUT2D eigenvalue weighted by Crippen LogP contribution is -2.35. The highest BCUT2D eigenvalue weighted by molar-refractivity contribution is 7.80. The number of furan rings is 1. The number of thiocarbonyl (C=S) groups is 1. The number of nitrogens with zero attached hydrogens (tertiary/aromatic N) is 2. The van der Waals surface area contributed by atoms with E-state index >= 15 is 0 Å². The molecule has 0 spiro atoms. The molecular weight excluding hydrogens is 474 g/mol. The largest absolute Gasteiger partial charge is 0.478 e. The first-order valence-corrected chi connectivity index (χ1v) is 11.0. The quantitative estimate of drug-likeness (QED) is 0.313. The van der Waals surface area contributed by atoms with E-state index in [0.29, 0.717) is 16.6 Å². The van der Waals surface area contributed by atoms with Crippen molar-refractivity contribution in [3.8, 4) is 11.3 Å². The molecule has 35 heavy (non-hydrogen) atoms. The van der Waals surface area contributed by atoms with Crippen LogP contribution in [0.15, 0.2) is 59.1 Å². The molecule has 0 amide bonds. The van der Waals surface area contributed by atoms with Gasteiger partial charge < -0.3 is 29.6 Å². The molecule has 3 aromatic rings. The average Bonchev–Trinajstić information content (AvgIpc) is 3.44. The minimum atomic E-state index is -1.26. The van der Waals surface area contributed by atoms with Crippen LogP contribution in [0.5, 0.6) is 0 Å². The zero-order valence-corrected chi connectivity index (χ0v) is 19.3. The van der Waals surface area contributed by atoms with Gasteiger partial charge in [0.25, 0.3) is 0 Å². The fourth-order valence-corrected chi connectivity index (χ4v) is 4.22. The maximum absolute atomic E-state index is 12.3. The number of carbonyl (C=O) groups excluding carboxylic acids is 1. The van der Waals surface area contributed by atoms with E-state index in [0.717, 1.165) is 6.07 Å². The number of aromatic carboxylic acids is 2. The van der Waals surface area contributed by atoms with Crippen molar-refractivity contribution in [3.05, 3.63) is 77.3 Å². The van der Waals surface area contributed by atoms with Gasteiger partial charge in [-0.3, -0.25) is 9.78 Å². The summed E-state index contributed by atoms with van der Waals surface area (Å²) in [7, 11) is 0. The van der Waals surface area contributed by atoms with Crippen LogP contribution < -0.4 is 5.32 Å². The fraction of sp³-hybridized carbons (Fsp3) is 0.208. The molecule has 2 aromatic heterocycles. The summed E-state index contributed by atoms with van der Waals surface area (Å²) in [6, 6.07) is 11.5. The van der Waals surface area contributed by atoms with Gasteiger partial charge in [-0.1, -0.05) is 6.07 Å². The first-order valence-electron chi connectivity index (χ1n) is 10.6. The first-order chi connectivity index (χ1) is 16.8. The number of aromatic nitrogens is 1. The van der Waals surface area contributed by atoms with E-state index in [1.807, 2.05) is 12.1 Å². The highest BCUT2D eigenvalue weighted by Gasteiger charge is 2.42. The number of hydrogen-bond donors (Lipinski definition) is 3. The number of ether oxygens (including phenoxy) is 1. The molecule has 10 nitrogen and oxygen atoms in total. The molecule has 0 radical (unpaired) electrons. The molecule has 3 N–H and O–H groups in total. The smallest absolute Gasteiger partial charge is 0.335 e. The topological polar surface area (TPSA) is 142 Å². The fourth-order valence-electron chi connectivity index (χ4n) is 3.91. The molecule has 0 aliphatic carbocycles. The molecule has 2 atom stereocenters. The van der Waals surface area contributed by atoms with E-state index in [2.05, 4.69) is 10.3 Å². The normalized spacial score (nSPS) is 17.2. The van der Waals surface area contributed by atoms with Crippen LogP contribution in [0.1, 0.15) is 51.2 Å². The highest BCUT2D eigenvalue weighted by atomic mass is 32.1. The predicted molar refractivity (Wildman–Crippen MR) is 127 cm³/mol. The minimum Gasteiger partial charge on any atom is -0.478 e. The number of benzene rings is 1. The Bertz CT molecular complexity index is 1260. The standard InChI is InChI=1S/C24H21N3O7S/c1-2-33-19(28)12-27-21(20(26-24(27)35)16-5-3-4-8-25-16)18-7-6-17(34-18)13-9-14(22(29)30)11-15(10-13)23(31)32/h3-11,20-21H,2,12H2,1H3,(H,26,35)(H,29,30)(H,31,32)/t20-,21-/m1/s1. The summed E-state index contributed by atoms with van der Waals surface area (Å²) in [4.78, 5) is 41.4. The molecule has 0 bridgehead atoms. The maximum Gasteiger partial charge on any atom is 0.335 e. The molecule has 3 heterocycles. The van der Waals surface area contributed by atoms with Crippen molar-refractivity contribution >= 4 is 35.2 Å². The van der Waals surface area contributed by atoms with Gasteiger partial charge in [-0.25, -0.2) is 9.59 Å². The van der Waals surface area contributed by atoms with Crippen LogP contribution in [0.25, 0.3) is 11.3 Å². The van der Waals surface area contributed by atoms with E-state index < -0.39 is 30.0 Å². The monoisotopic (exact) mass is 495 g/mol. The third-order valence-corrected chi connectivity index (χ3v) is 5.78. The molecule has 11 heteroatoms. The Kier molecular flexibility index (Phi) is 6.78. The summed E-state index contributed by atoms with van der Waals surface area (Å²) >= 11 is 5.50. The Morgan fingerprint density at radius 2 is 1.83 bits per heavy atom. The Morgan fingerprint density at radius 1 is 1.11 bits per heavy atom. The van der Waals surface area contributed by atoms with Crippen molar-refractivity contribution in [1.29, 1.82) is 0 Å². The van der Waals surface area contributed by atoms with Crippen LogP contribution in [0.4, 0.5) is 0 Å². The summed E-state index contributed by atoms with van der Waals surface area (Å²) in [6.45, 7) is 1.81. The summed E-state index contributed by atoms with van der Waals surface area (Å²) < 4.78 is 11.2. The lowest BCUT2D eigenvalue weighted by Gasteiger charge is -2.25. The van der Waals surface area contributed by atoms with Gasteiger partial charge in [0.15, 0.2) is 5.11 Å². The SMILES string of the molecule is CCOC(=O)CN1C(=S)N[C@H](c2ccccn2)[C@H]1c1ccc(-c2cc(C(=O)O)cc(C(=O)O)c2)o1. The van der Waals surface area contributed by atoms with E-state index in [1.54, 1.807) is 36.2 Å². The Balaban J connectivity index is 1.75. The molecule has 1 aliphatic rings. The number of carbonyl (C=O) groups is 3. The van der Waals surface area contributed by atoms with E-state index in [9.17, 15) is 24.6 Å². The summed E-state index contributed by atoms with van der Waals surface area (Å²) in [5.74, 6) is -2.30. The predicted octanol–water partition coefficient (Wildman–Crippen LogP) is 3.27. The van der Waals surface area contributed by atoms with E-state index in [4.69, 9.17) is 21.4 Å². The molecule has 1 aromatic carbocycles. The van der Waals surface area contributed by atoms with Crippen molar-refractivity contribution in [3.63, 3.8) is 0 Å². The summed E-state index contributed by atoms with van der Waals surface area (Å²) in [6.07, 6.45) is 1.64. The van der Waals surface area contributed by atoms with Crippen LogP contribution in [0.2, 0.25) is 0 Å². The Hall–Kier alpha value is -4.25. The summed E-state index contributed by atoms with van der Waals surface area (Å²) in [5.41, 5.74) is 0.590. The minimum absolute atomic E-state index is 0.124. The van der Waals surface area contributed by atoms with E-state index in [1.165, 1.54) is 12.1 Å². The number of nitrogens with one attached hydrogen (secondary N) is 1. The molecule has 180 valence electrons. The van der Waals surface area contributed by atoms with Crippen LogP contribution in [-0.2, 0) is 9.53 Å². The second-order valence-electron chi connectivity index (χ2n) is 7.67. The van der Waals surface area contributed by atoms with Crippen LogP contribution in [-0.4, -0.2) is 56.3 Å². The van der Waals surface area contributed by atoms with Gasteiger partial charge >= 0.3 is 17.9 Å². The van der Waals surface area contributed by atoms with Crippen LogP contribution in [0, 0.1) is 0 Å². The number of esters is 1. The molecule has 0 unspecified atom stereocenters. The Morgan fingerprint density at radius 3 is 2.43 bits per heavy atom. The highest BCUT2D eigenvalue weighted by Crippen LogP contribution is 2.40. The van der Waals surface area contributed by atoms with Gasteiger partial charge in [-0.2, -0.15) is 0 Å². The van der Waals surface area contributed by atoms with Gasteiger partial charge in [0, 0.05) is 11.8 Å². The number of pyridine rings is 1. The molecule has 0 saturated carbocycles. The second-order valence-corrected chi connectivity index (χ2v) is 8.06. The van der Waals surface area contributed by atoms with Crippen molar-refractivity contribution in [2.45, 2.75) is 19.0 Å². The number of carboxylic acids is 2. The van der Waals surface area contributed by atoms with E-state index in [-0.39, 0.29) is 35.6 Å². The number of hydrogen-bond acceptors (Lipinski definition) is 7. The number of rotatable bonds is 8. The molecular formula is C24H21N3O7S. The van der Waals surface area contributed by atoms with Crippen molar-refractivity contribution in [2.24, 2.45) is 0 Å². The van der Waals surface area contributed by atoms with Crippen LogP contribution >= 0.6 is 12.2 Å². The first kappa shape index (κ1) is 23.9. The average molecular weight is 496 g/mol. The van der Waals surface area contributed by atoms with Gasteiger partial charge in [-0.05, 0) is 61.6 Å². The molecule has 4 rings (SSSR count). The van der Waals surface area contributed by atoms with Crippen molar-refractivity contribution in [2.75, 3.05) is 13.2 Å². The number of carboxylic acid groups (broad SMARTS) is 2. The second kappa shape index (κ2) is 9.94. The molecule has 1 saturated heterocycles.